The van der Waals surface area contributed by atoms with E-state index in [9.17, 15) is 0 Å². The van der Waals surface area contributed by atoms with Crippen LogP contribution in [0.5, 0.6) is 0 Å². The minimum Gasteiger partial charge on any atom is -0.375 e. The summed E-state index contributed by atoms with van der Waals surface area (Å²) in [7, 11) is 0. The number of ether oxygens (including phenoxy) is 1. The van der Waals surface area contributed by atoms with Gasteiger partial charge in [0.15, 0.2) is 0 Å². The highest BCUT2D eigenvalue weighted by molar-refractivity contribution is 5.33. The highest BCUT2D eigenvalue weighted by atomic mass is 16.5. The first-order valence-electron chi connectivity index (χ1n) is 8.06. The standard InChI is InChI=1S/C17H23N5O/c1-12-9-15(19-11-18-12)4-5-16-10-22(6-7-23-16)17-20-13(2)8-14(3)21-17/h8-9,11,16H,4-7,10H2,1-3H3/t16-/m0/s1. The van der Waals surface area contributed by atoms with Gasteiger partial charge >= 0.3 is 0 Å². The lowest BCUT2D eigenvalue weighted by atomic mass is 10.1. The van der Waals surface area contributed by atoms with E-state index in [-0.39, 0.29) is 6.10 Å². The largest absolute Gasteiger partial charge is 0.375 e. The number of aryl methyl sites for hydroxylation is 4. The van der Waals surface area contributed by atoms with Gasteiger partial charge in [-0.05, 0) is 45.7 Å². The van der Waals surface area contributed by atoms with E-state index in [1.54, 1.807) is 6.33 Å². The van der Waals surface area contributed by atoms with Crippen LogP contribution in [0.15, 0.2) is 18.5 Å². The van der Waals surface area contributed by atoms with Crippen LogP contribution in [0.1, 0.15) is 29.2 Å². The van der Waals surface area contributed by atoms with Crippen molar-refractivity contribution in [3.63, 3.8) is 0 Å². The molecule has 1 fully saturated rings. The van der Waals surface area contributed by atoms with Crippen molar-refractivity contribution in [2.24, 2.45) is 0 Å². The Hall–Kier alpha value is -2.08. The molecule has 0 spiro atoms. The molecule has 2 aromatic rings. The molecule has 1 atom stereocenters. The van der Waals surface area contributed by atoms with Gasteiger partial charge in [0.1, 0.15) is 6.33 Å². The van der Waals surface area contributed by atoms with E-state index in [0.717, 1.165) is 54.7 Å². The summed E-state index contributed by atoms with van der Waals surface area (Å²) >= 11 is 0. The average Bonchev–Trinajstić information content (AvgIpc) is 2.52. The Morgan fingerprint density at radius 3 is 2.61 bits per heavy atom. The molecule has 0 bridgehead atoms. The molecule has 0 aromatic carbocycles. The molecule has 0 aliphatic carbocycles. The molecule has 122 valence electrons. The van der Waals surface area contributed by atoms with Crippen molar-refractivity contribution >= 4 is 5.95 Å². The number of rotatable bonds is 4. The van der Waals surface area contributed by atoms with Gasteiger partial charge in [0.2, 0.25) is 5.95 Å². The molecule has 6 heteroatoms. The molecule has 6 nitrogen and oxygen atoms in total. The minimum atomic E-state index is 0.184. The Kier molecular flexibility index (Phi) is 4.81. The van der Waals surface area contributed by atoms with Gasteiger partial charge in [-0.15, -0.1) is 0 Å². The van der Waals surface area contributed by atoms with Crippen LogP contribution in [-0.2, 0) is 11.2 Å². The van der Waals surface area contributed by atoms with Crippen LogP contribution >= 0.6 is 0 Å². The second-order valence-corrected chi connectivity index (χ2v) is 6.08. The van der Waals surface area contributed by atoms with Gasteiger partial charge in [0.25, 0.3) is 0 Å². The van der Waals surface area contributed by atoms with Gasteiger partial charge in [-0.1, -0.05) is 0 Å². The number of morpholine rings is 1. The molecule has 0 N–H and O–H groups in total. The summed E-state index contributed by atoms with van der Waals surface area (Å²) in [4.78, 5) is 19.8. The Labute approximate surface area is 137 Å². The zero-order valence-electron chi connectivity index (χ0n) is 14.0. The molecular formula is C17H23N5O. The lowest BCUT2D eigenvalue weighted by Gasteiger charge is -2.33. The van der Waals surface area contributed by atoms with E-state index in [0.29, 0.717) is 6.61 Å². The van der Waals surface area contributed by atoms with Crippen LogP contribution in [0, 0.1) is 20.8 Å². The number of anilines is 1. The molecule has 1 saturated heterocycles. The van der Waals surface area contributed by atoms with Crippen LogP contribution in [0.3, 0.4) is 0 Å². The minimum absolute atomic E-state index is 0.184. The Morgan fingerprint density at radius 1 is 1.09 bits per heavy atom. The maximum atomic E-state index is 5.90. The maximum Gasteiger partial charge on any atom is 0.225 e. The monoisotopic (exact) mass is 313 g/mol. The van der Waals surface area contributed by atoms with Gasteiger partial charge in [-0.25, -0.2) is 19.9 Å². The predicted molar refractivity (Wildman–Crippen MR) is 88.5 cm³/mol. The summed E-state index contributed by atoms with van der Waals surface area (Å²) in [6, 6.07) is 4.03. The van der Waals surface area contributed by atoms with Crippen molar-refractivity contribution in [2.45, 2.75) is 39.7 Å². The van der Waals surface area contributed by atoms with Gasteiger partial charge in [0.05, 0.1) is 12.7 Å². The maximum absolute atomic E-state index is 5.90. The van der Waals surface area contributed by atoms with E-state index in [1.807, 2.05) is 32.9 Å². The summed E-state index contributed by atoms with van der Waals surface area (Å²) in [5.41, 5.74) is 4.09. The highest BCUT2D eigenvalue weighted by Crippen LogP contribution is 2.17. The molecule has 3 rings (SSSR count). The molecule has 3 heterocycles. The molecule has 2 aromatic heterocycles. The first kappa shape index (κ1) is 15.8. The third kappa shape index (κ3) is 4.22. The first-order chi connectivity index (χ1) is 11.1. The Morgan fingerprint density at radius 2 is 1.87 bits per heavy atom. The lowest BCUT2D eigenvalue weighted by molar-refractivity contribution is 0.0347. The van der Waals surface area contributed by atoms with Crippen LogP contribution < -0.4 is 4.90 Å². The summed E-state index contributed by atoms with van der Waals surface area (Å²) < 4.78 is 5.90. The fourth-order valence-electron chi connectivity index (χ4n) is 2.88. The molecule has 0 unspecified atom stereocenters. The zero-order valence-corrected chi connectivity index (χ0v) is 14.0. The normalized spacial score (nSPS) is 18.2. The van der Waals surface area contributed by atoms with Gasteiger partial charge in [-0.2, -0.15) is 0 Å². The summed E-state index contributed by atoms with van der Waals surface area (Å²) in [6.07, 6.45) is 3.65. The van der Waals surface area contributed by atoms with Crippen molar-refractivity contribution in [2.75, 3.05) is 24.6 Å². The van der Waals surface area contributed by atoms with E-state index < -0.39 is 0 Å². The van der Waals surface area contributed by atoms with Gasteiger partial charge in [-0.3, -0.25) is 0 Å². The molecule has 1 aliphatic rings. The first-order valence-corrected chi connectivity index (χ1v) is 8.06. The summed E-state index contributed by atoms with van der Waals surface area (Å²) in [5.74, 6) is 0.814. The fraction of sp³-hybridized carbons (Fsp3) is 0.529. The summed E-state index contributed by atoms with van der Waals surface area (Å²) in [5, 5.41) is 0. The third-order valence-electron chi connectivity index (χ3n) is 3.97. The fourth-order valence-corrected chi connectivity index (χ4v) is 2.88. The second kappa shape index (κ2) is 7.00. The Bertz CT molecular complexity index is 656. The van der Waals surface area contributed by atoms with Gasteiger partial charge in [0, 0.05) is 35.9 Å². The lowest BCUT2D eigenvalue weighted by Crippen LogP contribution is -2.43. The number of hydrogen-bond acceptors (Lipinski definition) is 6. The Balaban J connectivity index is 1.61. The molecule has 0 saturated carbocycles. The van der Waals surface area contributed by atoms with Crippen molar-refractivity contribution in [3.8, 4) is 0 Å². The van der Waals surface area contributed by atoms with Crippen molar-refractivity contribution in [1.82, 2.24) is 19.9 Å². The van der Waals surface area contributed by atoms with E-state index in [4.69, 9.17) is 4.74 Å². The van der Waals surface area contributed by atoms with Crippen LogP contribution in [0.4, 0.5) is 5.95 Å². The van der Waals surface area contributed by atoms with Crippen molar-refractivity contribution < 1.29 is 4.74 Å². The molecule has 1 aliphatic heterocycles. The number of nitrogens with zero attached hydrogens (tertiary/aromatic N) is 5. The quantitative estimate of drug-likeness (QED) is 0.860. The topological polar surface area (TPSA) is 64.0 Å². The van der Waals surface area contributed by atoms with Crippen molar-refractivity contribution in [1.29, 1.82) is 0 Å². The predicted octanol–water partition coefficient (Wildman–Crippen LogP) is 2.03. The number of aromatic nitrogens is 4. The van der Waals surface area contributed by atoms with Crippen molar-refractivity contribution in [3.05, 3.63) is 41.2 Å². The smallest absolute Gasteiger partial charge is 0.225 e. The highest BCUT2D eigenvalue weighted by Gasteiger charge is 2.22. The molecule has 23 heavy (non-hydrogen) atoms. The van der Waals surface area contributed by atoms with Crippen LogP contribution in [0.25, 0.3) is 0 Å². The molecule has 0 amide bonds. The average molecular weight is 313 g/mol. The number of hydrogen-bond donors (Lipinski definition) is 0. The summed E-state index contributed by atoms with van der Waals surface area (Å²) in [6.45, 7) is 8.38. The van der Waals surface area contributed by atoms with E-state index in [2.05, 4.69) is 24.8 Å². The molecule has 0 radical (unpaired) electrons. The van der Waals surface area contributed by atoms with E-state index >= 15 is 0 Å². The van der Waals surface area contributed by atoms with E-state index in [1.165, 1.54) is 0 Å². The van der Waals surface area contributed by atoms with Crippen LogP contribution in [-0.4, -0.2) is 45.7 Å². The zero-order chi connectivity index (χ0) is 16.2. The van der Waals surface area contributed by atoms with Crippen LogP contribution in [0.2, 0.25) is 0 Å². The molecular weight excluding hydrogens is 290 g/mol. The second-order valence-electron chi connectivity index (χ2n) is 6.08. The third-order valence-corrected chi connectivity index (χ3v) is 3.97. The van der Waals surface area contributed by atoms with Gasteiger partial charge < -0.3 is 9.64 Å². The SMILES string of the molecule is Cc1cc(CC[C@H]2CN(c3nc(C)cc(C)n3)CCO2)ncn1.